The van der Waals surface area contributed by atoms with Gasteiger partial charge < -0.3 is 4.90 Å². The molecule has 3 aliphatic heterocycles. The van der Waals surface area contributed by atoms with Crippen molar-refractivity contribution < 1.29 is 14.4 Å². The summed E-state index contributed by atoms with van der Waals surface area (Å²) >= 11 is 1.75. The van der Waals surface area contributed by atoms with Crippen LogP contribution in [0.15, 0.2) is 53.4 Å². The molecule has 5 rings (SSSR count). The molecular formula is C22H20N2O3S. The van der Waals surface area contributed by atoms with E-state index in [-0.39, 0.29) is 28.5 Å². The summed E-state index contributed by atoms with van der Waals surface area (Å²) in [6.07, 6.45) is 1.85. The van der Waals surface area contributed by atoms with Crippen molar-refractivity contribution in [3.63, 3.8) is 0 Å². The quantitative estimate of drug-likeness (QED) is 0.590. The van der Waals surface area contributed by atoms with E-state index in [0.29, 0.717) is 11.1 Å². The van der Waals surface area contributed by atoms with Crippen LogP contribution in [-0.2, 0) is 4.79 Å². The first-order chi connectivity index (χ1) is 13.5. The Balaban J connectivity index is 1.59. The van der Waals surface area contributed by atoms with Crippen LogP contribution in [0.3, 0.4) is 0 Å². The minimum absolute atomic E-state index is 0.172. The number of hydrogen-bond donors (Lipinski definition) is 0. The van der Waals surface area contributed by atoms with E-state index in [4.69, 9.17) is 0 Å². The molecule has 0 unspecified atom stereocenters. The fourth-order valence-corrected chi connectivity index (χ4v) is 6.39. The fraction of sp³-hybridized carbons (Fsp3) is 0.318. The zero-order valence-electron chi connectivity index (χ0n) is 15.7. The molecule has 1 fully saturated rings. The fourth-order valence-electron chi connectivity index (χ4n) is 4.81. The second-order valence-electron chi connectivity index (χ2n) is 7.76. The molecule has 3 atom stereocenters. The van der Waals surface area contributed by atoms with Crippen molar-refractivity contribution >= 4 is 35.2 Å². The number of carbonyl (C=O) groups is 3. The minimum Gasteiger partial charge on any atom is -0.302 e. The molecule has 6 heteroatoms. The number of rotatable bonds is 3. The summed E-state index contributed by atoms with van der Waals surface area (Å²) in [6.45, 7) is 4.26. The summed E-state index contributed by atoms with van der Waals surface area (Å²) in [4.78, 5) is 43.3. The van der Waals surface area contributed by atoms with Gasteiger partial charge in [0.1, 0.15) is 6.04 Å². The maximum Gasteiger partial charge on any atom is 0.262 e. The van der Waals surface area contributed by atoms with Crippen LogP contribution in [0.4, 0.5) is 5.69 Å². The van der Waals surface area contributed by atoms with Gasteiger partial charge in [-0.2, -0.15) is 0 Å². The van der Waals surface area contributed by atoms with E-state index < -0.39 is 6.04 Å². The molecule has 3 amide bonds. The molecular weight excluding hydrogens is 372 g/mol. The van der Waals surface area contributed by atoms with Gasteiger partial charge in [-0.25, -0.2) is 0 Å². The van der Waals surface area contributed by atoms with Crippen LogP contribution >= 0.6 is 11.8 Å². The number of β-lactam (4-membered cyclic amide) rings is 1. The molecule has 2 aromatic rings. The maximum atomic E-state index is 13.3. The Morgan fingerprint density at radius 3 is 2.18 bits per heavy atom. The first kappa shape index (κ1) is 17.5. The predicted molar refractivity (Wildman–Crippen MR) is 108 cm³/mol. The van der Waals surface area contributed by atoms with Crippen molar-refractivity contribution in [2.24, 2.45) is 0 Å². The Morgan fingerprint density at radius 1 is 0.929 bits per heavy atom. The molecule has 3 aliphatic rings. The number of imide groups is 1. The van der Waals surface area contributed by atoms with Crippen LogP contribution < -0.4 is 4.90 Å². The highest BCUT2D eigenvalue weighted by Gasteiger charge is 2.64. The van der Waals surface area contributed by atoms with Gasteiger partial charge in [0.05, 0.1) is 22.9 Å². The van der Waals surface area contributed by atoms with Gasteiger partial charge in [-0.1, -0.05) is 37.6 Å². The van der Waals surface area contributed by atoms with Crippen LogP contribution in [0.25, 0.3) is 0 Å². The summed E-state index contributed by atoms with van der Waals surface area (Å²) in [5, 5.41) is 0. The van der Waals surface area contributed by atoms with Crippen molar-refractivity contribution in [3.05, 3.63) is 59.7 Å². The first-order valence-electron chi connectivity index (χ1n) is 9.56. The Bertz CT molecular complexity index is 1000. The summed E-state index contributed by atoms with van der Waals surface area (Å²) in [7, 11) is 0. The number of nitrogens with zero attached hydrogens (tertiary/aromatic N) is 2. The van der Waals surface area contributed by atoms with Gasteiger partial charge in [-0.05, 0) is 37.6 Å². The Morgan fingerprint density at radius 2 is 1.54 bits per heavy atom. The number of anilines is 1. The molecule has 1 saturated heterocycles. The van der Waals surface area contributed by atoms with Crippen molar-refractivity contribution in [1.29, 1.82) is 0 Å². The average Bonchev–Trinajstić information content (AvgIpc) is 2.93. The number of amides is 3. The minimum atomic E-state index is -0.746. The molecule has 0 saturated carbocycles. The smallest absolute Gasteiger partial charge is 0.262 e. The van der Waals surface area contributed by atoms with E-state index in [1.807, 2.05) is 24.3 Å². The first-order valence-corrected chi connectivity index (χ1v) is 10.4. The van der Waals surface area contributed by atoms with E-state index >= 15 is 0 Å². The molecule has 142 valence electrons. The van der Waals surface area contributed by atoms with E-state index in [9.17, 15) is 14.4 Å². The number of carbonyl (C=O) groups excluding carboxylic acids is 3. The molecule has 0 radical (unpaired) electrons. The van der Waals surface area contributed by atoms with Gasteiger partial charge >= 0.3 is 0 Å². The number of thioether (sulfide) groups is 1. The Hall–Kier alpha value is -2.60. The maximum absolute atomic E-state index is 13.3. The van der Waals surface area contributed by atoms with Crippen LogP contribution in [0, 0.1) is 0 Å². The number of fused-ring (bicyclic) bond motifs is 4. The lowest BCUT2D eigenvalue weighted by molar-refractivity contribution is -0.131. The normalized spacial score (nSPS) is 28.0. The summed E-state index contributed by atoms with van der Waals surface area (Å²) < 4.78 is -0.267. The predicted octanol–water partition coefficient (Wildman–Crippen LogP) is 3.73. The highest BCUT2D eigenvalue weighted by Crippen LogP contribution is 2.55. The lowest BCUT2D eigenvalue weighted by atomic mass is 9.80. The zero-order valence-corrected chi connectivity index (χ0v) is 16.5. The molecule has 28 heavy (non-hydrogen) atoms. The molecule has 0 aliphatic carbocycles. The van der Waals surface area contributed by atoms with E-state index in [2.05, 4.69) is 13.8 Å². The molecule has 0 N–H and O–H groups in total. The highest BCUT2D eigenvalue weighted by atomic mass is 32.2. The summed E-state index contributed by atoms with van der Waals surface area (Å²) in [5.41, 5.74) is 1.66. The monoisotopic (exact) mass is 392 g/mol. The molecule has 2 aromatic carbocycles. The lowest BCUT2D eigenvalue weighted by Crippen LogP contribution is -2.78. The highest BCUT2D eigenvalue weighted by molar-refractivity contribution is 8.01. The largest absolute Gasteiger partial charge is 0.302 e. The summed E-state index contributed by atoms with van der Waals surface area (Å²) in [5.74, 6) is -0.891. The van der Waals surface area contributed by atoms with Crippen LogP contribution in [-0.4, -0.2) is 39.5 Å². The average molecular weight is 392 g/mol. The lowest BCUT2D eigenvalue weighted by Gasteiger charge is -2.59. The Labute approximate surface area is 167 Å². The third-order valence-corrected chi connectivity index (χ3v) is 7.49. The Kier molecular flexibility index (Phi) is 3.72. The van der Waals surface area contributed by atoms with Gasteiger partial charge in [-0.3, -0.25) is 19.3 Å². The molecule has 0 spiro atoms. The SMILES string of the molecule is CCC[C@@]1(C)Sc2ccccc2N2C(=O)[C@@H](N3C(=O)c4ccccc4C3=O)[C@@H]21. The van der Waals surface area contributed by atoms with Crippen molar-refractivity contribution in [2.75, 3.05) is 4.90 Å². The van der Waals surface area contributed by atoms with Gasteiger partial charge in [0.25, 0.3) is 17.7 Å². The van der Waals surface area contributed by atoms with Crippen molar-refractivity contribution in [2.45, 2.75) is 48.4 Å². The standard InChI is InChI=1S/C22H20N2O3S/c1-3-12-22(2)18-17(21(27)23(18)15-10-6-7-11-16(15)28-22)24-19(25)13-8-4-5-9-14(13)20(24)26/h4-11,17-18H,3,12H2,1-2H3/t17-,18+,22+/m0/s1. The van der Waals surface area contributed by atoms with Crippen molar-refractivity contribution in [3.8, 4) is 0 Å². The van der Waals surface area contributed by atoms with E-state index in [1.54, 1.807) is 40.9 Å². The number of benzene rings is 2. The van der Waals surface area contributed by atoms with Gasteiger partial charge in [-0.15, -0.1) is 11.8 Å². The summed E-state index contributed by atoms with van der Waals surface area (Å²) in [6, 6.07) is 13.7. The van der Waals surface area contributed by atoms with Gasteiger partial charge in [0.2, 0.25) is 0 Å². The molecule has 3 heterocycles. The van der Waals surface area contributed by atoms with Crippen LogP contribution in [0.2, 0.25) is 0 Å². The van der Waals surface area contributed by atoms with E-state index in [0.717, 1.165) is 23.4 Å². The molecule has 5 nitrogen and oxygen atoms in total. The van der Waals surface area contributed by atoms with E-state index in [1.165, 1.54) is 4.90 Å². The zero-order chi connectivity index (χ0) is 19.6. The number of hydrogen-bond acceptors (Lipinski definition) is 4. The van der Waals surface area contributed by atoms with Crippen molar-refractivity contribution in [1.82, 2.24) is 4.90 Å². The third kappa shape index (κ3) is 2.12. The molecule has 0 bridgehead atoms. The van der Waals surface area contributed by atoms with Crippen LogP contribution in [0.5, 0.6) is 0 Å². The topological polar surface area (TPSA) is 57.7 Å². The number of para-hydroxylation sites is 1. The molecule has 0 aromatic heterocycles. The van der Waals surface area contributed by atoms with Gasteiger partial charge in [0.15, 0.2) is 0 Å². The van der Waals surface area contributed by atoms with Gasteiger partial charge in [0, 0.05) is 9.64 Å². The third-order valence-electron chi connectivity index (χ3n) is 6.01. The second kappa shape index (κ2) is 5.95. The second-order valence-corrected chi connectivity index (χ2v) is 9.33. The van der Waals surface area contributed by atoms with Crippen LogP contribution in [0.1, 0.15) is 47.4 Å².